The Morgan fingerprint density at radius 1 is 0.939 bits per heavy atom. The van der Waals surface area contributed by atoms with Gasteiger partial charge in [0.1, 0.15) is 6.04 Å². The second-order valence-corrected chi connectivity index (χ2v) is 10.2. The van der Waals surface area contributed by atoms with Crippen molar-refractivity contribution in [1.82, 2.24) is 20.0 Å². The van der Waals surface area contributed by atoms with Crippen molar-refractivity contribution in [3.8, 4) is 0 Å². The molecule has 3 fully saturated rings. The van der Waals surface area contributed by atoms with E-state index in [1.807, 2.05) is 12.1 Å². The minimum atomic E-state index is -0.555. The van der Waals surface area contributed by atoms with E-state index in [1.54, 1.807) is 4.90 Å². The molecule has 5 rings (SSSR count). The Hall–Kier alpha value is -2.29. The van der Waals surface area contributed by atoms with Crippen molar-refractivity contribution in [2.45, 2.75) is 63.7 Å². The molecule has 3 N–H and O–H groups in total. The van der Waals surface area contributed by atoms with E-state index in [2.05, 4.69) is 21.2 Å². The SMILES string of the molecule is NC1CCN(CC2CCN(Cc3ccc4c(c3)CN(C3CCC(=O)NC3=O)C4=O)CC2)CC1. The third kappa shape index (κ3) is 4.98. The zero-order chi connectivity index (χ0) is 22.9. The number of nitrogens with two attached hydrogens (primary N) is 1. The summed E-state index contributed by atoms with van der Waals surface area (Å²) in [6.07, 6.45) is 5.39. The number of likely N-dealkylation sites (tertiary alicyclic amines) is 2. The predicted molar refractivity (Wildman–Crippen MR) is 124 cm³/mol. The molecule has 4 heterocycles. The molecule has 1 aromatic rings. The molecule has 8 heteroatoms. The largest absolute Gasteiger partial charge is 0.328 e. The quantitative estimate of drug-likeness (QED) is 0.648. The first-order chi connectivity index (χ1) is 16.0. The van der Waals surface area contributed by atoms with Crippen LogP contribution in [0.25, 0.3) is 0 Å². The van der Waals surface area contributed by atoms with Crippen LogP contribution in [0.5, 0.6) is 0 Å². The van der Waals surface area contributed by atoms with Gasteiger partial charge in [-0.05, 0) is 81.4 Å². The first-order valence-electron chi connectivity index (χ1n) is 12.4. The van der Waals surface area contributed by atoms with E-state index < -0.39 is 6.04 Å². The van der Waals surface area contributed by atoms with Crippen molar-refractivity contribution in [2.24, 2.45) is 11.7 Å². The van der Waals surface area contributed by atoms with E-state index >= 15 is 0 Å². The van der Waals surface area contributed by atoms with Crippen LogP contribution in [0.4, 0.5) is 0 Å². The summed E-state index contributed by atoms with van der Waals surface area (Å²) in [5.41, 5.74) is 8.92. The molecule has 4 aliphatic heterocycles. The van der Waals surface area contributed by atoms with Crippen LogP contribution in [0.1, 0.15) is 60.0 Å². The summed E-state index contributed by atoms with van der Waals surface area (Å²) in [5, 5.41) is 2.36. The Bertz CT molecular complexity index is 919. The van der Waals surface area contributed by atoms with Gasteiger partial charge in [0.25, 0.3) is 5.91 Å². The average molecular weight is 454 g/mol. The zero-order valence-electron chi connectivity index (χ0n) is 19.3. The number of carbonyl (C=O) groups excluding carboxylic acids is 3. The molecule has 0 radical (unpaired) electrons. The number of benzene rings is 1. The van der Waals surface area contributed by atoms with E-state index in [0.717, 1.165) is 57.0 Å². The summed E-state index contributed by atoms with van der Waals surface area (Å²) >= 11 is 0. The van der Waals surface area contributed by atoms with Gasteiger partial charge in [0.2, 0.25) is 11.8 Å². The summed E-state index contributed by atoms with van der Waals surface area (Å²) in [7, 11) is 0. The van der Waals surface area contributed by atoms with Gasteiger partial charge < -0.3 is 15.5 Å². The fourth-order valence-electron chi connectivity index (χ4n) is 5.81. The maximum atomic E-state index is 12.9. The van der Waals surface area contributed by atoms with Gasteiger partial charge in [-0.15, -0.1) is 0 Å². The highest BCUT2D eigenvalue weighted by atomic mass is 16.2. The first-order valence-corrected chi connectivity index (χ1v) is 12.4. The number of nitrogens with one attached hydrogen (secondary N) is 1. The Morgan fingerprint density at radius 3 is 2.39 bits per heavy atom. The predicted octanol–water partition coefficient (Wildman–Crippen LogP) is 1.08. The summed E-state index contributed by atoms with van der Waals surface area (Å²) < 4.78 is 0. The lowest BCUT2D eigenvalue weighted by molar-refractivity contribution is -0.136. The minimum Gasteiger partial charge on any atom is -0.328 e. The smallest absolute Gasteiger partial charge is 0.255 e. The number of hydrogen-bond acceptors (Lipinski definition) is 6. The average Bonchev–Trinajstić information content (AvgIpc) is 3.12. The summed E-state index contributed by atoms with van der Waals surface area (Å²) in [5.74, 6) is 0.0512. The Balaban J connectivity index is 1.14. The van der Waals surface area contributed by atoms with Gasteiger partial charge in [-0.2, -0.15) is 0 Å². The Morgan fingerprint density at radius 2 is 1.67 bits per heavy atom. The highest BCUT2D eigenvalue weighted by molar-refractivity contribution is 6.05. The van der Waals surface area contributed by atoms with Crippen molar-refractivity contribution < 1.29 is 14.4 Å². The van der Waals surface area contributed by atoms with E-state index in [9.17, 15) is 14.4 Å². The first kappa shape index (κ1) is 22.5. The van der Waals surface area contributed by atoms with Crippen LogP contribution in [0.2, 0.25) is 0 Å². The van der Waals surface area contributed by atoms with Crippen LogP contribution >= 0.6 is 0 Å². The van der Waals surface area contributed by atoms with Gasteiger partial charge in [0.15, 0.2) is 0 Å². The topological polar surface area (TPSA) is 99.0 Å². The lowest BCUT2D eigenvalue weighted by atomic mass is 9.94. The van der Waals surface area contributed by atoms with Crippen molar-refractivity contribution in [2.75, 3.05) is 32.7 Å². The van der Waals surface area contributed by atoms with Crippen molar-refractivity contribution >= 4 is 17.7 Å². The van der Waals surface area contributed by atoms with E-state index in [1.165, 1.54) is 24.9 Å². The van der Waals surface area contributed by atoms with Gasteiger partial charge >= 0.3 is 0 Å². The maximum Gasteiger partial charge on any atom is 0.255 e. The number of piperidine rings is 3. The van der Waals surface area contributed by atoms with Crippen LogP contribution in [-0.4, -0.2) is 77.2 Å². The molecule has 178 valence electrons. The van der Waals surface area contributed by atoms with Crippen LogP contribution in [-0.2, 0) is 22.7 Å². The maximum absolute atomic E-state index is 12.9. The molecular weight excluding hydrogens is 418 g/mol. The Kier molecular flexibility index (Phi) is 6.49. The molecule has 4 aliphatic rings. The van der Waals surface area contributed by atoms with Gasteiger partial charge in [-0.3, -0.25) is 24.6 Å². The van der Waals surface area contributed by atoms with Crippen LogP contribution in [0.3, 0.4) is 0 Å². The number of imide groups is 1. The summed E-state index contributed by atoms with van der Waals surface area (Å²) in [6.45, 7) is 7.04. The lowest BCUT2D eigenvalue weighted by Crippen LogP contribution is -2.52. The minimum absolute atomic E-state index is 0.106. The normalized spacial score (nSPS) is 26.0. The van der Waals surface area contributed by atoms with Crippen LogP contribution < -0.4 is 11.1 Å². The molecule has 0 aliphatic carbocycles. The molecule has 1 aromatic carbocycles. The van der Waals surface area contributed by atoms with Crippen molar-refractivity contribution in [3.05, 3.63) is 34.9 Å². The second-order valence-electron chi connectivity index (χ2n) is 10.2. The number of nitrogens with zero attached hydrogens (tertiary/aromatic N) is 3. The number of hydrogen-bond donors (Lipinski definition) is 2. The zero-order valence-corrected chi connectivity index (χ0v) is 19.3. The van der Waals surface area contributed by atoms with E-state index in [-0.39, 0.29) is 24.1 Å². The molecular formula is C25H35N5O3. The molecule has 1 atom stereocenters. The van der Waals surface area contributed by atoms with Gasteiger partial charge in [0, 0.05) is 37.7 Å². The molecule has 33 heavy (non-hydrogen) atoms. The van der Waals surface area contributed by atoms with Gasteiger partial charge in [0.05, 0.1) is 0 Å². The van der Waals surface area contributed by atoms with Crippen LogP contribution in [0, 0.1) is 5.92 Å². The molecule has 0 saturated carbocycles. The van der Waals surface area contributed by atoms with Crippen molar-refractivity contribution in [3.63, 3.8) is 0 Å². The Labute approximate surface area is 195 Å². The van der Waals surface area contributed by atoms with Crippen LogP contribution in [0.15, 0.2) is 18.2 Å². The fourth-order valence-corrected chi connectivity index (χ4v) is 5.81. The number of carbonyl (C=O) groups is 3. The van der Waals surface area contributed by atoms with E-state index in [4.69, 9.17) is 5.73 Å². The van der Waals surface area contributed by atoms with E-state index in [0.29, 0.717) is 24.6 Å². The summed E-state index contributed by atoms with van der Waals surface area (Å²) in [6, 6.07) is 5.92. The number of rotatable bonds is 5. The van der Waals surface area contributed by atoms with Gasteiger partial charge in [-0.1, -0.05) is 12.1 Å². The van der Waals surface area contributed by atoms with Crippen molar-refractivity contribution in [1.29, 1.82) is 0 Å². The molecule has 3 saturated heterocycles. The molecule has 0 spiro atoms. The molecule has 8 nitrogen and oxygen atoms in total. The third-order valence-corrected chi connectivity index (χ3v) is 7.85. The molecule has 3 amide bonds. The molecule has 0 bridgehead atoms. The highest BCUT2D eigenvalue weighted by Crippen LogP contribution is 2.29. The molecule has 1 unspecified atom stereocenters. The van der Waals surface area contributed by atoms with Gasteiger partial charge in [-0.25, -0.2) is 0 Å². The standard InChI is InChI=1S/C25H35N5O3/c26-20-7-11-29(12-8-20)14-17-5-9-28(10-6-17)15-18-1-2-21-19(13-18)16-30(25(21)33)22-3-4-23(31)27-24(22)32/h1-2,13,17,20,22H,3-12,14-16,26H2,(H,27,31,32). The highest BCUT2D eigenvalue weighted by Gasteiger charge is 2.39. The fraction of sp³-hybridized carbons (Fsp3) is 0.640. The number of amides is 3. The second kappa shape index (κ2) is 9.52. The monoisotopic (exact) mass is 453 g/mol. The molecule has 0 aromatic heterocycles. The third-order valence-electron chi connectivity index (χ3n) is 7.85. The number of fused-ring (bicyclic) bond motifs is 1. The lowest BCUT2D eigenvalue weighted by Gasteiger charge is -2.37. The summed E-state index contributed by atoms with van der Waals surface area (Å²) in [4.78, 5) is 43.3.